The molecule has 0 fully saturated rings. The Morgan fingerprint density at radius 3 is 2.88 bits per heavy atom. The summed E-state index contributed by atoms with van der Waals surface area (Å²) in [6, 6.07) is 5.47. The van der Waals surface area contributed by atoms with Crippen LogP contribution in [0.15, 0.2) is 30.6 Å². The van der Waals surface area contributed by atoms with Crippen molar-refractivity contribution in [2.24, 2.45) is 0 Å². The van der Waals surface area contributed by atoms with Gasteiger partial charge in [0.2, 0.25) is 5.91 Å². The minimum absolute atomic E-state index is 0.181. The van der Waals surface area contributed by atoms with Crippen LogP contribution in [0, 0.1) is 6.92 Å². The van der Waals surface area contributed by atoms with Gasteiger partial charge in [0.15, 0.2) is 0 Å². The van der Waals surface area contributed by atoms with Crippen LogP contribution in [0.3, 0.4) is 0 Å². The molecule has 0 aliphatic rings. The van der Waals surface area contributed by atoms with Crippen LogP contribution in [-0.4, -0.2) is 30.2 Å². The standard InChI is InChI=1S/C17H13ClN6OS/c1-8-21-17(26-24-8)14-15(23-12-6-11(18)7-20-16(12)14)10-3-4-19-13(5-10)22-9(2)25/h3-7,23H,1-2H3,(H,19,22,25). The van der Waals surface area contributed by atoms with Crippen LogP contribution in [0.2, 0.25) is 5.02 Å². The van der Waals surface area contributed by atoms with E-state index in [1.54, 1.807) is 18.5 Å². The Labute approximate surface area is 157 Å². The number of aryl methyl sites for hydroxylation is 1. The number of pyridine rings is 2. The fraction of sp³-hybridized carbons (Fsp3) is 0.118. The zero-order valence-electron chi connectivity index (χ0n) is 13.9. The predicted molar refractivity (Wildman–Crippen MR) is 102 cm³/mol. The van der Waals surface area contributed by atoms with Gasteiger partial charge in [-0.3, -0.25) is 9.78 Å². The van der Waals surface area contributed by atoms with Gasteiger partial charge in [-0.25, -0.2) is 9.97 Å². The van der Waals surface area contributed by atoms with E-state index in [-0.39, 0.29) is 5.91 Å². The second-order valence-electron chi connectivity index (χ2n) is 5.68. The summed E-state index contributed by atoms with van der Waals surface area (Å²) in [7, 11) is 0. The molecule has 0 aromatic carbocycles. The molecule has 4 aromatic rings. The van der Waals surface area contributed by atoms with Crippen molar-refractivity contribution in [3.63, 3.8) is 0 Å². The summed E-state index contributed by atoms with van der Waals surface area (Å²) in [6.07, 6.45) is 3.25. The Bertz CT molecular complexity index is 1140. The molecule has 0 aliphatic carbocycles. The molecule has 0 bridgehead atoms. The number of halogens is 1. The highest BCUT2D eigenvalue weighted by Crippen LogP contribution is 2.38. The normalized spacial score (nSPS) is 11.0. The molecule has 4 heterocycles. The van der Waals surface area contributed by atoms with Gasteiger partial charge < -0.3 is 10.3 Å². The number of aromatic amines is 1. The van der Waals surface area contributed by atoms with Crippen molar-refractivity contribution in [1.82, 2.24) is 24.3 Å². The third-order valence-corrected chi connectivity index (χ3v) is 4.73. The second-order valence-corrected chi connectivity index (χ2v) is 6.87. The molecule has 0 unspecified atom stereocenters. The average molecular weight is 385 g/mol. The van der Waals surface area contributed by atoms with Gasteiger partial charge in [-0.2, -0.15) is 4.37 Å². The lowest BCUT2D eigenvalue weighted by Gasteiger charge is -2.05. The zero-order valence-corrected chi connectivity index (χ0v) is 15.4. The minimum atomic E-state index is -0.181. The van der Waals surface area contributed by atoms with Crippen molar-refractivity contribution in [2.45, 2.75) is 13.8 Å². The lowest BCUT2D eigenvalue weighted by Crippen LogP contribution is -2.07. The molecule has 0 saturated heterocycles. The van der Waals surface area contributed by atoms with Crippen LogP contribution >= 0.6 is 23.1 Å². The molecular weight excluding hydrogens is 372 g/mol. The molecule has 26 heavy (non-hydrogen) atoms. The number of hydrogen-bond donors (Lipinski definition) is 2. The molecule has 2 N–H and O–H groups in total. The number of nitrogens with one attached hydrogen (secondary N) is 2. The Kier molecular flexibility index (Phi) is 4.14. The van der Waals surface area contributed by atoms with Crippen LogP contribution in [-0.2, 0) is 4.79 Å². The highest BCUT2D eigenvalue weighted by molar-refractivity contribution is 7.09. The second kappa shape index (κ2) is 6.47. The summed E-state index contributed by atoms with van der Waals surface area (Å²) in [6.45, 7) is 3.29. The van der Waals surface area contributed by atoms with Crippen molar-refractivity contribution in [3.05, 3.63) is 41.4 Å². The predicted octanol–water partition coefficient (Wildman–Crippen LogP) is 4.06. The molecule has 0 aliphatic heterocycles. The van der Waals surface area contributed by atoms with Crippen LogP contribution in [0.4, 0.5) is 5.82 Å². The van der Waals surface area contributed by atoms with E-state index in [9.17, 15) is 4.79 Å². The number of H-pyrrole nitrogens is 1. The smallest absolute Gasteiger partial charge is 0.222 e. The molecule has 0 radical (unpaired) electrons. The number of carbonyl (C=O) groups is 1. The number of anilines is 1. The van der Waals surface area contributed by atoms with Gasteiger partial charge in [0.05, 0.1) is 27.3 Å². The van der Waals surface area contributed by atoms with Gasteiger partial charge in [-0.15, -0.1) is 0 Å². The molecule has 130 valence electrons. The topological polar surface area (TPSA) is 96.5 Å². The molecular formula is C17H13ClN6OS. The first-order valence-electron chi connectivity index (χ1n) is 7.73. The maximum absolute atomic E-state index is 11.3. The van der Waals surface area contributed by atoms with E-state index >= 15 is 0 Å². The number of rotatable bonds is 3. The van der Waals surface area contributed by atoms with Gasteiger partial charge >= 0.3 is 0 Å². The van der Waals surface area contributed by atoms with Gasteiger partial charge in [-0.05, 0) is 36.7 Å². The molecule has 0 atom stereocenters. The fourth-order valence-corrected chi connectivity index (χ4v) is 3.59. The Hall–Kier alpha value is -2.84. The third kappa shape index (κ3) is 3.04. The largest absolute Gasteiger partial charge is 0.353 e. The van der Waals surface area contributed by atoms with Crippen molar-refractivity contribution < 1.29 is 4.79 Å². The first-order chi connectivity index (χ1) is 12.5. The van der Waals surface area contributed by atoms with Gasteiger partial charge in [0, 0.05) is 24.9 Å². The van der Waals surface area contributed by atoms with Crippen molar-refractivity contribution in [2.75, 3.05) is 5.32 Å². The number of fused-ring (bicyclic) bond motifs is 1. The van der Waals surface area contributed by atoms with E-state index < -0.39 is 0 Å². The van der Waals surface area contributed by atoms with Crippen molar-refractivity contribution in [1.29, 1.82) is 0 Å². The summed E-state index contributed by atoms with van der Waals surface area (Å²) in [4.78, 5) is 27.8. The lowest BCUT2D eigenvalue weighted by atomic mass is 10.1. The SMILES string of the molecule is CC(=O)Nc1cc(-c2[nH]c3cc(Cl)cnc3c2-c2nc(C)ns2)ccn1. The summed E-state index contributed by atoms with van der Waals surface area (Å²) < 4.78 is 4.28. The molecule has 0 saturated carbocycles. The Morgan fingerprint density at radius 1 is 1.31 bits per heavy atom. The summed E-state index contributed by atoms with van der Waals surface area (Å²) in [5.41, 5.74) is 4.08. The van der Waals surface area contributed by atoms with Crippen molar-refractivity contribution in [3.8, 4) is 21.8 Å². The molecule has 4 rings (SSSR count). The molecule has 7 nitrogen and oxygen atoms in total. The van der Waals surface area contributed by atoms with E-state index in [2.05, 4.69) is 29.6 Å². The first-order valence-corrected chi connectivity index (χ1v) is 8.88. The first kappa shape index (κ1) is 16.6. The quantitative estimate of drug-likeness (QED) is 0.555. The Balaban J connectivity index is 1.96. The highest BCUT2D eigenvalue weighted by atomic mass is 35.5. The van der Waals surface area contributed by atoms with E-state index in [1.807, 2.05) is 19.1 Å². The monoisotopic (exact) mass is 384 g/mol. The lowest BCUT2D eigenvalue weighted by molar-refractivity contribution is -0.114. The van der Waals surface area contributed by atoms with E-state index in [0.29, 0.717) is 16.7 Å². The number of aromatic nitrogens is 5. The van der Waals surface area contributed by atoms with Gasteiger partial charge in [-0.1, -0.05) is 11.6 Å². The zero-order chi connectivity index (χ0) is 18.3. The highest BCUT2D eigenvalue weighted by Gasteiger charge is 2.20. The molecule has 1 amide bonds. The van der Waals surface area contributed by atoms with E-state index in [4.69, 9.17) is 11.6 Å². The molecule has 9 heteroatoms. The maximum atomic E-state index is 11.3. The van der Waals surface area contributed by atoms with Gasteiger partial charge in [0.1, 0.15) is 16.6 Å². The van der Waals surface area contributed by atoms with Crippen LogP contribution in [0.1, 0.15) is 12.7 Å². The van der Waals surface area contributed by atoms with Gasteiger partial charge in [0.25, 0.3) is 0 Å². The van der Waals surface area contributed by atoms with Crippen LogP contribution < -0.4 is 5.32 Å². The Morgan fingerprint density at radius 2 is 2.15 bits per heavy atom. The number of nitrogens with zero attached hydrogens (tertiary/aromatic N) is 4. The van der Waals surface area contributed by atoms with E-state index in [0.717, 1.165) is 32.9 Å². The summed E-state index contributed by atoms with van der Waals surface area (Å²) >= 11 is 7.40. The minimum Gasteiger partial charge on any atom is -0.353 e. The third-order valence-electron chi connectivity index (χ3n) is 3.69. The number of carbonyl (C=O) groups excluding carboxylic acids is 1. The molecule has 4 aromatic heterocycles. The van der Waals surface area contributed by atoms with Crippen LogP contribution in [0.5, 0.6) is 0 Å². The maximum Gasteiger partial charge on any atom is 0.222 e. The summed E-state index contributed by atoms with van der Waals surface area (Å²) in [5, 5.41) is 4.00. The average Bonchev–Trinajstić information content (AvgIpc) is 3.17. The molecule has 0 spiro atoms. The number of hydrogen-bond acceptors (Lipinski definition) is 6. The number of amides is 1. The van der Waals surface area contributed by atoms with Crippen LogP contribution in [0.25, 0.3) is 32.9 Å². The van der Waals surface area contributed by atoms with Crippen molar-refractivity contribution >= 4 is 45.9 Å². The fourth-order valence-electron chi connectivity index (χ4n) is 2.71. The summed E-state index contributed by atoms with van der Waals surface area (Å²) in [5.74, 6) is 0.992. The van der Waals surface area contributed by atoms with E-state index in [1.165, 1.54) is 18.5 Å².